The Bertz CT molecular complexity index is 589. The third-order valence-electron chi connectivity index (χ3n) is 3.75. The fourth-order valence-corrected chi connectivity index (χ4v) is 2.53. The van der Waals surface area contributed by atoms with Gasteiger partial charge in [0, 0.05) is 39.7 Å². The summed E-state index contributed by atoms with van der Waals surface area (Å²) in [6, 6.07) is -0.459. The first-order chi connectivity index (χ1) is 12.9. The van der Waals surface area contributed by atoms with E-state index < -0.39 is 24.1 Å². The molecule has 1 aliphatic heterocycles. The molecule has 27 heavy (non-hydrogen) atoms. The van der Waals surface area contributed by atoms with Gasteiger partial charge >= 0.3 is 18.0 Å². The zero-order valence-electron chi connectivity index (χ0n) is 15.0. The fourth-order valence-electron chi connectivity index (χ4n) is 2.53. The van der Waals surface area contributed by atoms with E-state index in [4.69, 9.17) is 16.3 Å². The Balaban J connectivity index is 2.56. The van der Waals surface area contributed by atoms with Crippen LogP contribution in [-0.2, 0) is 28.6 Å². The molecule has 0 spiro atoms. The second-order valence-electron chi connectivity index (χ2n) is 5.66. The normalized spacial score (nSPS) is 16.9. The maximum Gasteiger partial charge on any atom is 0.421 e. The maximum absolute atomic E-state index is 12.3. The highest BCUT2D eigenvalue weighted by Gasteiger charge is 2.31. The highest BCUT2D eigenvalue weighted by Crippen LogP contribution is 2.12. The van der Waals surface area contributed by atoms with Crippen LogP contribution in [0.1, 0.15) is 6.42 Å². The maximum atomic E-state index is 12.3. The molecule has 1 heterocycles. The lowest BCUT2D eigenvalue weighted by Gasteiger charge is -2.40. The van der Waals surface area contributed by atoms with Crippen LogP contribution in [0, 0.1) is 12.5 Å². The number of piperazine rings is 1. The number of methoxy groups -OCH3 is 1. The Kier molecular flexibility index (Phi) is 9.63. The van der Waals surface area contributed by atoms with Crippen molar-refractivity contribution in [3.8, 4) is 12.5 Å². The van der Waals surface area contributed by atoms with Crippen molar-refractivity contribution in [3.63, 3.8) is 0 Å². The molecule has 2 amide bonds. The first-order valence-corrected chi connectivity index (χ1v) is 8.15. The largest absolute Gasteiger partial charge is 0.480 e. The summed E-state index contributed by atoms with van der Waals surface area (Å²) in [6.07, 6.45) is 5.73. The van der Waals surface area contributed by atoms with Crippen molar-refractivity contribution in [3.05, 3.63) is 0 Å². The van der Waals surface area contributed by atoms with Gasteiger partial charge in [0.2, 0.25) is 5.91 Å². The molecule has 0 aromatic carbocycles. The number of esters is 1. The van der Waals surface area contributed by atoms with Crippen LogP contribution in [0.2, 0.25) is 0 Å². The summed E-state index contributed by atoms with van der Waals surface area (Å²) in [5.41, 5.74) is 0. The molecule has 150 valence electrons. The predicted octanol–water partition coefficient (Wildman–Crippen LogP) is -1.52. The molecular formula is C16H23N3O8. The molecule has 11 heteroatoms. The van der Waals surface area contributed by atoms with Gasteiger partial charge in [-0.2, -0.15) is 0 Å². The van der Waals surface area contributed by atoms with Gasteiger partial charge in [-0.1, -0.05) is 6.42 Å². The number of aliphatic carboxylic acids is 1. The van der Waals surface area contributed by atoms with Crippen LogP contribution in [0.4, 0.5) is 4.79 Å². The summed E-state index contributed by atoms with van der Waals surface area (Å²) in [5.74, 6) is -1.83. The lowest BCUT2D eigenvalue weighted by molar-refractivity contribution is -0.152. The summed E-state index contributed by atoms with van der Waals surface area (Å²) >= 11 is 0. The van der Waals surface area contributed by atoms with Gasteiger partial charge in [-0.3, -0.25) is 14.5 Å². The number of carbonyl (C=O) groups excluding carboxylic acids is 3. The van der Waals surface area contributed by atoms with Crippen LogP contribution >= 0.6 is 0 Å². The SMILES string of the molecule is C#COC(=O)NCCC(=O)N1CCN(CC(=O)O)C(COC(=O)COC)C1. The zero-order valence-corrected chi connectivity index (χ0v) is 15.0. The molecule has 1 rings (SSSR count). The van der Waals surface area contributed by atoms with E-state index in [2.05, 4.69) is 14.8 Å². The number of hydrogen-bond donors (Lipinski definition) is 2. The second-order valence-corrected chi connectivity index (χ2v) is 5.66. The predicted molar refractivity (Wildman–Crippen MR) is 90.3 cm³/mol. The van der Waals surface area contributed by atoms with E-state index >= 15 is 0 Å². The fraction of sp³-hybridized carbons (Fsp3) is 0.625. The standard InChI is InChI=1S/C16H23N3O8/c1-3-26-16(24)17-5-4-13(20)19-7-6-18(9-14(21)22)12(8-19)10-27-15(23)11-25-2/h1,12H,4-11H2,2H3,(H,17,24)(H,21,22). The smallest absolute Gasteiger partial charge is 0.421 e. The van der Waals surface area contributed by atoms with E-state index in [9.17, 15) is 19.2 Å². The number of nitrogens with one attached hydrogen (secondary N) is 1. The molecular weight excluding hydrogens is 362 g/mol. The van der Waals surface area contributed by atoms with Gasteiger partial charge in [-0.25, -0.2) is 9.59 Å². The van der Waals surface area contributed by atoms with Crippen LogP contribution < -0.4 is 5.32 Å². The van der Waals surface area contributed by atoms with Crippen LogP contribution in [-0.4, -0.2) is 97.9 Å². The molecule has 1 atom stereocenters. The number of carboxylic acid groups (broad SMARTS) is 1. The number of amides is 2. The van der Waals surface area contributed by atoms with E-state index in [1.54, 1.807) is 11.0 Å². The van der Waals surface area contributed by atoms with Gasteiger partial charge in [-0.05, 0) is 0 Å². The molecule has 1 fully saturated rings. The Labute approximate surface area is 156 Å². The van der Waals surface area contributed by atoms with Crippen LogP contribution in [0.15, 0.2) is 0 Å². The first kappa shape index (κ1) is 22.2. The van der Waals surface area contributed by atoms with E-state index in [1.165, 1.54) is 12.0 Å². The molecule has 2 N–H and O–H groups in total. The lowest BCUT2D eigenvalue weighted by atomic mass is 10.1. The zero-order chi connectivity index (χ0) is 20.2. The summed E-state index contributed by atoms with van der Waals surface area (Å²) in [6.45, 7) is 0.373. The summed E-state index contributed by atoms with van der Waals surface area (Å²) < 4.78 is 14.0. The van der Waals surface area contributed by atoms with E-state index in [-0.39, 0.29) is 45.2 Å². The monoisotopic (exact) mass is 385 g/mol. The molecule has 0 bridgehead atoms. The first-order valence-electron chi connectivity index (χ1n) is 8.15. The van der Waals surface area contributed by atoms with Crippen molar-refractivity contribution in [1.82, 2.24) is 15.1 Å². The Hall–Kier alpha value is -2.84. The lowest BCUT2D eigenvalue weighted by Crippen LogP contribution is -2.57. The number of carboxylic acids is 1. The number of nitrogens with zero attached hydrogens (tertiary/aromatic N) is 2. The molecule has 0 aromatic rings. The van der Waals surface area contributed by atoms with Crippen LogP contribution in [0.5, 0.6) is 0 Å². The van der Waals surface area contributed by atoms with Crippen molar-refractivity contribution >= 4 is 23.9 Å². The molecule has 11 nitrogen and oxygen atoms in total. The number of terminal acetylenes is 1. The van der Waals surface area contributed by atoms with Gasteiger partial charge in [0.05, 0.1) is 12.6 Å². The summed E-state index contributed by atoms with van der Waals surface area (Å²) in [4.78, 5) is 49.0. The minimum Gasteiger partial charge on any atom is -0.480 e. The van der Waals surface area contributed by atoms with Crippen molar-refractivity contribution in [1.29, 1.82) is 0 Å². The molecule has 1 aliphatic rings. The Morgan fingerprint density at radius 3 is 2.67 bits per heavy atom. The number of hydrogen-bond acceptors (Lipinski definition) is 8. The van der Waals surface area contributed by atoms with E-state index in [0.717, 1.165) is 0 Å². The average Bonchev–Trinajstić information content (AvgIpc) is 2.60. The van der Waals surface area contributed by atoms with Gasteiger partial charge in [0.1, 0.15) is 19.3 Å². The topological polar surface area (TPSA) is 135 Å². The molecule has 0 radical (unpaired) electrons. The highest BCUT2D eigenvalue weighted by molar-refractivity contribution is 5.77. The van der Waals surface area contributed by atoms with Crippen LogP contribution in [0.25, 0.3) is 0 Å². The van der Waals surface area contributed by atoms with Gasteiger partial charge in [-0.15, -0.1) is 0 Å². The minimum absolute atomic E-state index is 0.0226. The summed E-state index contributed by atoms with van der Waals surface area (Å²) in [7, 11) is 1.35. The van der Waals surface area contributed by atoms with Crippen molar-refractivity contribution in [2.75, 3.05) is 53.0 Å². The number of rotatable bonds is 9. The Morgan fingerprint density at radius 2 is 2.04 bits per heavy atom. The summed E-state index contributed by atoms with van der Waals surface area (Å²) in [5, 5.41) is 11.3. The van der Waals surface area contributed by atoms with Gasteiger partial charge in [0.15, 0.2) is 0 Å². The van der Waals surface area contributed by atoms with Crippen molar-refractivity contribution in [2.45, 2.75) is 12.5 Å². The Morgan fingerprint density at radius 1 is 1.30 bits per heavy atom. The third-order valence-corrected chi connectivity index (χ3v) is 3.75. The second kappa shape index (κ2) is 11.7. The van der Waals surface area contributed by atoms with Gasteiger partial charge < -0.3 is 29.5 Å². The molecule has 1 saturated heterocycles. The molecule has 0 aliphatic carbocycles. The highest BCUT2D eigenvalue weighted by atomic mass is 16.6. The molecule has 0 saturated carbocycles. The minimum atomic E-state index is -1.01. The van der Waals surface area contributed by atoms with E-state index in [0.29, 0.717) is 13.1 Å². The average molecular weight is 385 g/mol. The van der Waals surface area contributed by atoms with Crippen molar-refractivity contribution < 1.29 is 38.5 Å². The third kappa shape index (κ3) is 8.39. The number of alkyl carbamates (subject to hydrolysis) is 1. The number of carbonyl (C=O) groups is 4. The quantitative estimate of drug-likeness (QED) is 0.358. The van der Waals surface area contributed by atoms with E-state index in [1.807, 2.05) is 0 Å². The van der Waals surface area contributed by atoms with Crippen LogP contribution in [0.3, 0.4) is 0 Å². The van der Waals surface area contributed by atoms with Crippen molar-refractivity contribution in [2.24, 2.45) is 0 Å². The number of ether oxygens (including phenoxy) is 3. The van der Waals surface area contributed by atoms with Gasteiger partial charge in [0.25, 0.3) is 0 Å². The molecule has 1 unspecified atom stereocenters. The molecule has 0 aromatic heterocycles.